The van der Waals surface area contributed by atoms with E-state index in [0.29, 0.717) is 12.1 Å². The van der Waals surface area contributed by atoms with Gasteiger partial charge in [-0.25, -0.2) is 14.4 Å². The highest BCUT2D eigenvalue weighted by molar-refractivity contribution is 7.56. The standard InChI is InChI=1S/C14H18ClN2O4P/c1-3-10-8-12(10)17(14(18)19)22(20,21-4-2)9-11-6-5-7-13(15)16-11/h3,5-7,10,12H,1,4,8-9H2,2H3,(H,18,19)/t10?,12-,22?/m0/s1. The first-order valence-electron chi connectivity index (χ1n) is 6.91. The summed E-state index contributed by atoms with van der Waals surface area (Å²) in [5.74, 6) is 0.0113. The van der Waals surface area contributed by atoms with E-state index >= 15 is 0 Å². The summed E-state index contributed by atoms with van der Waals surface area (Å²) >= 11 is 5.83. The van der Waals surface area contributed by atoms with Gasteiger partial charge in [0.05, 0.1) is 24.5 Å². The number of carbonyl (C=O) groups is 1. The quantitative estimate of drug-likeness (QED) is 0.459. The van der Waals surface area contributed by atoms with Gasteiger partial charge < -0.3 is 9.63 Å². The molecule has 1 aliphatic rings. The van der Waals surface area contributed by atoms with E-state index in [1.807, 2.05) is 0 Å². The topological polar surface area (TPSA) is 79.7 Å². The molecule has 22 heavy (non-hydrogen) atoms. The van der Waals surface area contributed by atoms with Crippen molar-refractivity contribution in [3.8, 4) is 0 Å². The summed E-state index contributed by atoms with van der Waals surface area (Å²) in [4.78, 5) is 15.7. The van der Waals surface area contributed by atoms with E-state index in [9.17, 15) is 14.5 Å². The molecular weight excluding hydrogens is 327 g/mol. The molecule has 0 spiro atoms. The Morgan fingerprint density at radius 2 is 2.41 bits per heavy atom. The number of carboxylic acid groups (broad SMARTS) is 1. The zero-order valence-electron chi connectivity index (χ0n) is 12.2. The minimum atomic E-state index is -3.61. The van der Waals surface area contributed by atoms with Gasteiger partial charge in [0.15, 0.2) is 0 Å². The predicted molar refractivity (Wildman–Crippen MR) is 84.1 cm³/mol. The highest BCUT2D eigenvalue weighted by atomic mass is 35.5. The Bertz CT molecular complexity index is 625. The molecular formula is C14H18ClN2O4P. The third kappa shape index (κ3) is 3.69. The monoisotopic (exact) mass is 344 g/mol. The first-order chi connectivity index (χ1) is 10.4. The Balaban J connectivity index is 2.31. The number of hydrogen-bond donors (Lipinski definition) is 1. The van der Waals surface area contributed by atoms with Crippen LogP contribution in [-0.4, -0.2) is 33.5 Å². The second-order valence-electron chi connectivity index (χ2n) is 4.99. The fourth-order valence-electron chi connectivity index (χ4n) is 2.36. The fourth-order valence-corrected chi connectivity index (χ4v) is 4.88. The summed E-state index contributed by atoms with van der Waals surface area (Å²) in [6.07, 6.45) is 0.923. The molecule has 120 valence electrons. The highest BCUT2D eigenvalue weighted by Gasteiger charge is 2.50. The molecule has 0 saturated heterocycles. The van der Waals surface area contributed by atoms with Gasteiger partial charge in [-0.15, -0.1) is 6.58 Å². The van der Waals surface area contributed by atoms with Crippen LogP contribution in [-0.2, 0) is 15.3 Å². The number of rotatable bonds is 7. The molecule has 0 radical (unpaired) electrons. The Kier molecular flexibility index (Phi) is 5.27. The summed E-state index contributed by atoms with van der Waals surface area (Å²) in [5.41, 5.74) is 0.436. The van der Waals surface area contributed by atoms with Crippen molar-refractivity contribution in [3.63, 3.8) is 0 Å². The minimum absolute atomic E-state index is 0.0113. The Labute approximate surface area is 134 Å². The van der Waals surface area contributed by atoms with Crippen molar-refractivity contribution in [2.75, 3.05) is 6.61 Å². The van der Waals surface area contributed by atoms with Crippen molar-refractivity contribution in [2.24, 2.45) is 5.92 Å². The molecule has 1 fully saturated rings. The van der Waals surface area contributed by atoms with Gasteiger partial charge in [0.2, 0.25) is 0 Å². The molecule has 3 atom stereocenters. The SMILES string of the molecule is C=CC1C[C@@H]1N(C(=O)O)P(=O)(Cc1cccc(Cl)n1)OCC. The summed E-state index contributed by atoms with van der Waals surface area (Å²) in [6, 6.07) is 4.57. The van der Waals surface area contributed by atoms with Crippen molar-refractivity contribution in [2.45, 2.75) is 25.5 Å². The molecule has 1 aliphatic carbocycles. The van der Waals surface area contributed by atoms with Crippen LogP contribution in [0.2, 0.25) is 5.15 Å². The van der Waals surface area contributed by atoms with Crippen LogP contribution in [0.25, 0.3) is 0 Å². The maximum absolute atomic E-state index is 13.2. The number of pyridine rings is 1. The zero-order chi connectivity index (χ0) is 16.3. The molecule has 2 unspecified atom stereocenters. The van der Waals surface area contributed by atoms with Crippen LogP contribution in [0.15, 0.2) is 30.9 Å². The van der Waals surface area contributed by atoms with E-state index in [1.54, 1.807) is 31.2 Å². The maximum Gasteiger partial charge on any atom is 0.414 e. The number of aromatic nitrogens is 1. The van der Waals surface area contributed by atoms with Gasteiger partial charge in [0, 0.05) is 0 Å². The van der Waals surface area contributed by atoms with Crippen molar-refractivity contribution >= 4 is 25.2 Å². The first kappa shape index (κ1) is 17.0. The first-order valence-corrected chi connectivity index (χ1v) is 9.05. The summed E-state index contributed by atoms with van der Waals surface area (Å²) in [6.45, 7) is 5.48. The number of nitrogens with zero attached hydrogens (tertiary/aromatic N) is 2. The maximum atomic E-state index is 13.2. The molecule has 0 aromatic carbocycles. The van der Waals surface area contributed by atoms with Crippen LogP contribution < -0.4 is 0 Å². The van der Waals surface area contributed by atoms with Gasteiger partial charge in [-0.2, -0.15) is 0 Å². The molecule has 6 nitrogen and oxygen atoms in total. The fraction of sp³-hybridized carbons (Fsp3) is 0.429. The molecule has 1 aromatic rings. The van der Waals surface area contributed by atoms with E-state index in [2.05, 4.69) is 11.6 Å². The Morgan fingerprint density at radius 3 is 2.91 bits per heavy atom. The summed E-state index contributed by atoms with van der Waals surface area (Å²) < 4.78 is 19.5. The molecule has 1 heterocycles. The van der Waals surface area contributed by atoms with Gasteiger partial charge in [0.1, 0.15) is 5.15 Å². The number of hydrogen-bond acceptors (Lipinski definition) is 4. The molecule has 1 aromatic heterocycles. The molecule has 0 aliphatic heterocycles. The lowest BCUT2D eigenvalue weighted by atomic mass is 10.4. The molecule has 1 saturated carbocycles. The summed E-state index contributed by atoms with van der Waals surface area (Å²) in [5, 5.41) is 9.75. The number of amides is 1. The van der Waals surface area contributed by atoms with Crippen LogP contribution in [0.1, 0.15) is 19.0 Å². The normalized spacial score (nSPS) is 22.6. The van der Waals surface area contributed by atoms with Gasteiger partial charge in [-0.05, 0) is 31.4 Å². The van der Waals surface area contributed by atoms with E-state index in [4.69, 9.17) is 16.1 Å². The second kappa shape index (κ2) is 6.82. The minimum Gasteiger partial charge on any atom is -0.465 e. The third-order valence-corrected chi connectivity index (χ3v) is 6.13. The van der Waals surface area contributed by atoms with Crippen LogP contribution >= 0.6 is 19.1 Å². The lowest BCUT2D eigenvalue weighted by Gasteiger charge is -2.29. The van der Waals surface area contributed by atoms with Crippen LogP contribution in [0, 0.1) is 5.92 Å². The smallest absolute Gasteiger partial charge is 0.414 e. The molecule has 1 amide bonds. The Morgan fingerprint density at radius 1 is 1.68 bits per heavy atom. The highest BCUT2D eigenvalue weighted by Crippen LogP contribution is 2.59. The average molecular weight is 345 g/mol. The van der Waals surface area contributed by atoms with Crippen molar-refractivity contribution in [1.82, 2.24) is 9.65 Å². The van der Waals surface area contributed by atoms with Gasteiger partial charge in [0.25, 0.3) is 0 Å². The van der Waals surface area contributed by atoms with E-state index < -0.39 is 13.6 Å². The van der Waals surface area contributed by atoms with Crippen molar-refractivity contribution in [3.05, 3.63) is 41.7 Å². The van der Waals surface area contributed by atoms with Crippen molar-refractivity contribution in [1.29, 1.82) is 0 Å². The third-order valence-electron chi connectivity index (χ3n) is 3.41. The largest absolute Gasteiger partial charge is 0.465 e. The molecule has 8 heteroatoms. The van der Waals surface area contributed by atoms with E-state index in [1.165, 1.54) is 0 Å². The van der Waals surface area contributed by atoms with E-state index in [-0.39, 0.29) is 29.9 Å². The molecule has 1 N–H and O–H groups in total. The van der Waals surface area contributed by atoms with Gasteiger partial charge in [-0.3, -0.25) is 4.57 Å². The van der Waals surface area contributed by atoms with Gasteiger partial charge >= 0.3 is 13.6 Å². The summed E-state index contributed by atoms with van der Waals surface area (Å²) in [7, 11) is -3.61. The Hall–Kier alpha value is -1.36. The second-order valence-corrected chi connectivity index (χ2v) is 7.66. The van der Waals surface area contributed by atoms with E-state index in [0.717, 1.165) is 4.67 Å². The van der Waals surface area contributed by atoms with Crippen molar-refractivity contribution < 1.29 is 19.0 Å². The lowest BCUT2D eigenvalue weighted by molar-refractivity contribution is 0.160. The number of halogens is 1. The molecule has 2 rings (SSSR count). The lowest BCUT2D eigenvalue weighted by Crippen LogP contribution is -2.31. The molecule has 0 bridgehead atoms. The van der Waals surface area contributed by atoms with Gasteiger partial charge in [-0.1, -0.05) is 23.7 Å². The predicted octanol–water partition coefficient (Wildman–Crippen LogP) is 4.02. The van der Waals surface area contributed by atoms with Crippen LogP contribution in [0.3, 0.4) is 0 Å². The van der Waals surface area contributed by atoms with Crippen LogP contribution in [0.4, 0.5) is 4.79 Å². The average Bonchev–Trinajstić information content (AvgIpc) is 3.17. The zero-order valence-corrected chi connectivity index (χ0v) is 13.8. The van der Waals surface area contributed by atoms with Crippen LogP contribution in [0.5, 0.6) is 0 Å².